The molecule has 0 radical (unpaired) electrons. The van der Waals surface area contributed by atoms with Gasteiger partial charge in [0.15, 0.2) is 0 Å². The van der Waals surface area contributed by atoms with E-state index in [9.17, 15) is 8.78 Å². The molecule has 0 aromatic heterocycles. The van der Waals surface area contributed by atoms with Gasteiger partial charge in [0, 0.05) is 6.42 Å². The zero-order valence-electron chi connectivity index (χ0n) is 4.90. The van der Waals surface area contributed by atoms with E-state index in [4.69, 9.17) is 5.73 Å². The van der Waals surface area contributed by atoms with Crippen LogP contribution in [0.2, 0.25) is 0 Å². The molecule has 1 unspecified atom stereocenters. The lowest BCUT2D eigenvalue weighted by molar-refractivity contribution is 0.119. The summed E-state index contributed by atoms with van der Waals surface area (Å²) >= 11 is 0. The third kappa shape index (κ3) is 3.99. The third-order valence-corrected chi connectivity index (χ3v) is 0.983. The van der Waals surface area contributed by atoms with Gasteiger partial charge in [-0.15, -0.1) is 0 Å². The van der Waals surface area contributed by atoms with Gasteiger partial charge in [-0.05, 0) is 12.5 Å². The quantitative estimate of drug-likeness (QED) is 0.600. The highest BCUT2D eigenvalue weighted by atomic mass is 19.3. The van der Waals surface area contributed by atoms with Crippen LogP contribution in [0.15, 0.2) is 0 Å². The summed E-state index contributed by atoms with van der Waals surface area (Å²) in [5.74, 6) is -0.0463. The molecule has 1 atom stereocenters. The van der Waals surface area contributed by atoms with E-state index in [0.29, 0.717) is 6.54 Å². The van der Waals surface area contributed by atoms with Gasteiger partial charge in [-0.25, -0.2) is 8.78 Å². The van der Waals surface area contributed by atoms with Crippen molar-refractivity contribution in [2.45, 2.75) is 19.8 Å². The number of hydrogen-bond donors (Lipinski definition) is 1. The molecule has 0 aliphatic rings. The van der Waals surface area contributed by atoms with E-state index >= 15 is 0 Å². The molecule has 0 aliphatic carbocycles. The highest BCUT2D eigenvalue weighted by Crippen LogP contribution is 2.07. The normalized spacial score (nSPS) is 14.6. The second kappa shape index (κ2) is 3.78. The summed E-state index contributed by atoms with van der Waals surface area (Å²) in [6.45, 7) is 2.07. The van der Waals surface area contributed by atoms with Gasteiger partial charge in [0.05, 0.1) is 0 Å². The lowest BCUT2D eigenvalue weighted by atomic mass is 10.1. The second-order valence-electron chi connectivity index (χ2n) is 1.97. The average Bonchev–Trinajstić information content (AvgIpc) is 1.65. The number of halogens is 2. The summed E-state index contributed by atoms with van der Waals surface area (Å²) in [6, 6.07) is 0. The standard InChI is InChI=1S/C5H11F2N/c1-4(3-8)2-5(6)7/h4-5H,2-3,8H2,1H3. The zero-order chi connectivity index (χ0) is 6.57. The molecule has 0 spiro atoms. The van der Waals surface area contributed by atoms with Crippen molar-refractivity contribution in [3.8, 4) is 0 Å². The molecule has 0 amide bonds. The van der Waals surface area contributed by atoms with Gasteiger partial charge in [0.1, 0.15) is 0 Å². The van der Waals surface area contributed by atoms with Crippen molar-refractivity contribution < 1.29 is 8.78 Å². The van der Waals surface area contributed by atoms with E-state index in [1.165, 1.54) is 0 Å². The molecule has 0 heterocycles. The minimum atomic E-state index is -2.20. The van der Waals surface area contributed by atoms with Crippen LogP contribution in [0.1, 0.15) is 13.3 Å². The maximum absolute atomic E-state index is 11.4. The fraction of sp³-hybridized carbons (Fsp3) is 1.00. The first-order valence-corrected chi connectivity index (χ1v) is 2.65. The van der Waals surface area contributed by atoms with Crippen LogP contribution in [0.3, 0.4) is 0 Å². The first-order valence-electron chi connectivity index (χ1n) is 2.65. The van der Waals surface area contributed by atoms with Crippen molar-refractivity contribution in [1.82, 2.24) is 0 Å². The maximum atomic E-state index is 11.4. The number of hydrogen-bond acceptors (Lipinski definition) is 1. The second-order valence-corrected chi connectivity index (χ2v) is 1.97. The Labute approximate surface area is 47.9 Å². The van der Waals surface area contributed by atoms with Crippen LogP contribution >= 0.6 is 0 Å². The van der Waals surface area contributed by atoms with E-state index in [2.05, 4.69) is 0 Å². The van der Waals surface area contributed by atoms with E-state index in [-0.39, 0.29) is 12.3 Å². The number of nitrogens with two attached hydrogens (primary N) is 1. The summed E-state index contributed by atoms with van der Waals surface area (Å²) in [7, 11) is 0. The summed E-state index contributed by atoms with van der Waals surface area (Å²) < 4.78 is 22.8. The molecule has 0 aliphatic heterocycles. The lowest BCUT2D eigenvalue weighted by Crippen LogP contribution is -2.13. The Hall–Kier alpha value is -0.180. The monoisotopic (exact) mass is 123 g/mol. The van der Waals surface area contributed by atoms with E-state index < -0.39 is 6.43 Å². The first kappa shape index (κ1) is 7.82. The molecule has 0 saturated carbocycles. The maximum Gasteiger partial charge on any atom is 0.238 e. The van der Waals surface area contributed by atoms with Crippen LogP contribution in [-0.4, -0.2) is 13.0 Å². The summed E-state index contributed by atoms with van der Waals surface area (Å²) in [6.07, 6.45) is -2.27. The van der Waals surface area contributed by atoms with Crippen molar-refractivity contribution in [2.24, 2.45) is 11.7 Å². The molecule has 0 fully saturated rings. The molecular weight excluding hydrogens is 112 g/mol. The van der Waals surface area contributed by atoms with Crippen LogP contribution < -0.4 is 5.73 Å². The summed E-state index contributed by atoms with van der Waals surface area (Å²) in [5, 5.41) is 0. The van der Waals surface area contributed by atoms with Gasteiger partial charge in [-0.3, -0.25) is 0 Å². The third-order valence-electron chi connectivity index (χ3n) is 0.983. The van der Waals surface area contributed by atoms with E-state index in [1.54, 1.807) is 6.92 Å². The molecule has 8 heavy (non-hydrogen) atoms. The van der Waals surface area contributed by atoms with E-state index in [1.807, 2.05) is 0 Å². The van der Waals surface area contributed by atoms with Gasteiger partial charge in [0.25, 0.3) is 0 Å². The Morgan fingerprint density at radius 1 is 1.50 bits per heavy atom. The molecule has 2 N–H and O–H groups in total. The number of rotatable bonds is 3. The first-order chi connectivity index (χ1) is 3.66. The molecule has 1 nitrogen and oxygen atoms in total. The Kier molecular flexibility index (Phi) is 3.69. The van der Waals surface area contributed by atoms with Gasteiger partial charge < -0.3 is 5.73 Å². The Morgan fingerprint density at radius 2 is 2.00 bits per heavy atom. The predicted molar refractivity (Wildman–Crippen MR) is 28.8 cm³/mol. The molecule has 0 bridgehead atoms. The minimum Gasteiger partial charge on any atom is -0.330 e. The fourth-order valence-corrected chi connectivity index (χ4v) is 0.400. The highest BCUT2D eigenvalue weighted by Gasteiger charge is 2.07. The summed E-state index contributed by atoms with van der Waals surface area (Å²) in [5.41, 5.74) is 5.09. The van der Waals surface area contributed by atoms with Crippen LogP contribution in [0.25, 0.3) is 0 Å². The highest BCUT2D eigenvalue weighted by molar-refractivity contribution is 4.53. The molecule has 0 rings (SSSR count). The largest absolute Gasteiger partial charge is 0.330 e. The number of alkyl halides is 2. The fourth-order valence-electron chi connectivity index (χ4n) is 0.400. The Bertz CT molecular complexity index is 56.4. The average molecular weight is 123 g/mol. The van der Waals surface area contributed by atoms with Crippen LogP contribution in [-0.2, 0) is 0 Å². The lowest BCUT2D eigenvalue weighted by Gasteiger charge is -2.04. The Morgan fingerprint density at radius 3 is 2.12 bits per heavy atom. The topological polar surface area (TPSA) is 26.0 Å². The molecular formula is C5H11F2N. The molecule has 3 heteroatoms. The van der Waals surface area contributed by atoms with Gasteiger partial charge in [0.2, 0.25) is 6.43 Å². The molecule has 50 valence electrons. The molecule has 0 saturated heterocycles. The summed E-state index contributed by atoms with van der Waals surface area (Å²) in [4.78, 5) is 0. The smallest absolute Gasteiger partial charge is 0.238 e. The predicted octanol–water partition coefficient (Wildman–Crippen LogP) is 1.24. The SMILES string of the molecule is CC(CN)CC(F)F. The van der Waals surface area contributed by atoms with Gasteiger partial charge in [-0.1, -0.05) is 6.92 Å². The van der Waals surface area contributed by atoms with E-state index in [0.717, 1.165) is 0 Å². The van der Waals surface area contributed by atoms with Crippen LogP contribution in [0.5, 0.6) is 0 Å². The van der Waals surface area contributed by atoms with Crippen molar-refractivity contribution in [1.29, 1.82) is 0 Å². The Balaban J connectivity index is 3.10. The zero-order valence-corrected chi connectivity index (χ0v) is 4.90. The van der Waals surface area contributed by atoms with Crippen LogP contribution in [0, 0.1) is 5.92 Å². The van der Waals surface area contributed by atoms with Gasteiger partial charge >= 0.3 is 0 Å². The minimum absolute atomic E-state index is 0.0463. The van der Waals surface area contributed by atoms with Crippen molar-refractivity contribution in [3.63, 3.8) is 0 Å². The van der Waals surface area contributed by atoms with Crippen molar-refractivity contribution >= 4 is 0 Å². The van der Waals surface area contributed by atoms with Crippen molar-refractivity contribution in [3.05, 3.63) is 0 Å². The molecule has 0 aromatic carbocycles. The molecule has 0 aromatic rings. The van der Waals surface area contributed by atoms with Crippen LogP contribution in [0.4, 0.5) is 8.78 Å². The van der Waals surface area contributed by atoms with Gasteiger partial charge in [-0.2, -0.15) is 0 Å². The van der Waals surface area contributed by atoms with Crippen molar-refractivity contribution in [2.75, 3.05) is 6.54 Å².